The van der Waals surface area contributed by atoms with Gasteiger partial charge in [-0.05, 0) is 36.6 Å². The molecule has 0 aromatic heterocycles. The summed E-state index contributed by atoms with van der Waals surface area (Å²) >= 11 is 6.07. The van der Waals surface area contributed by atoms with Gasteiger partial charge in [0.2, 0.25) is 5.91 Å². The minimum Gasteiger partial charge on any atom is -0.351 e. The van der Waals surface area contributed by atoms with Crippen LogP contribution in [0.5, 0.6) is 0 Å². The molecule has 2 heterocycles. The van der Waals surface area contributed by atoms with Crippen LogP contribution in [0.3, 0.4) is 0 Å². The predicted octanol–water partition coefficient (Wildman–Crippen LogP) is 1.11. The summed E-state index contributed by atoms with van der Waals surface area (Å²) in [5.41, 5.74) is 0.963. The number of fused-ring (bicyclic) bond motifs is 1. The first kappa shape index (κ1) is 13.9. The van der Waals surface area contributed by atoms with Crippen LogP contribution in [0.25, 0.3) is 0 Å². The molecule has 0 saturated carbocycles. The number of carbonyl (C=O) groups is 1. The van der Waals surface area contributed by atoms with E-state index < -0.39 is 0 Å². The molecule has 0 radical (unpaired) electrons. The molecule has 2 N–H and O–H groups in total. The fourth-order valence-electron chi connectivity index (χ4n) is 3.18. The number of amides is 1. The average Bonchev–Trinajstić information content (AvgIpc) is 2.98. The first-order valence-corrected chi connectivity index (χ1v) is 7.53. The van der Waals surface area contributed by atoms with Crippen LogP contribution in [0.1, 0.15) is 5.56 Å². The van der Waals surface area contributed by atoms with Crippen molar-refractivity contribution in [2.24, 2.45) is 11.8 Å². The molecule has 1 amide bonds. The van der Waals surface area contributed by atoms with Gasteiger partial charge in [-0.1, -0.05) is 29.8 Å². The zero-order valence-electron chi connectivity index (χ0n) is 11.4. The van der Waals surface area contributed by atoms with Crippen LogP contribution < -0.4 is 10.6 Å². The van der Waals surface area contributed by atoms with Crippen LogP contribution in [0.2, 0.25) is 5.02 Å². The van der Waals surface area contributed by atoms with Crippen molar-refractivity contribution in [1.29, 1.82) is 0 Å². The van der Waals surface area contributed by atoms with Crippen molar-refractivity contribution in [3.63, 3.8) is 0 Å². The van der Waals surface area contributed by atoms with E-state index in [1.807, 2.05) is 24.3 Å². The summed E-state index contributed by atoms with van der Waals surface area (Å²) < 4.78 is 0. The number of hydrogen-bond acceptors (Lipinski definition) is 3. The van der Waals surface area contributed by atoms with E-state index in [0.717, 1.165) is 43.6 Å². The van der Waals surface area contributed by atoms with E-state index in [1.165, 1.54) is 0 Å². The van der Waals surface area contributed by atoms with Crippen molar-refractivity contribution in [2.75, 3.05) is 32.7 Å². The van der Waals surface area contributed by atoms with E-state index in [-0.39, 0.29) is 5.91 Å². The Hall–Kier alpha value is -1.10. The first-order chi connectivity index (χ1) is 9.72. The molecule has 1 aromatic rings. The van der Waals surface area contributed by atoms with E-state index >= 15 is 0 Å². The van der Waals surface area contributed by atoms with Crippen LogP contribution in [0.4, 0.5) is 0 Å². The minimum atomic E-state index is 0.0813. The maximum absolute atomic E-state index is 12.0. The number of halogens is 1. The standard InChI is InChI=1S/C15H20ClN3O/c16-14-4-2-1-3-11(14)7-18-15(20)10-19-8-12-5-17-6-13(12)9-19/h1-4,12-13,17H,5-10H2,(H,18,20). The second kappa shape index (κ2) is 6.12. The normalized spacial score (nSPS) is 25.6. The molecule has 2 saturated heterocycles. The molecule has 0 aliphatic carbocycles. The van der Waals surface area contributed by atoms with Gasteiger partial charge in [0, 0.05) is 24.7 Å². The first-order valence-electron chi connectivity index (χ1n) is 7.15. The van der Waals surface area contributed by atoms with E-state index in [2.05, 4.69) is 15.5 Å². The van der Waals surface area contributed by atoms with Gasteiger partial charge < -0.3 is 10.6 Å². The predicted molar refractivity (Wildman–Crippen MR) is 79.6 cm³/mol. The highest BCUT2D eigenvalue weighted by molar-refractivity contribution is 6.31. The highest BCUT2D eigenvalue weighted by Crippen LogP contribution is 2.25. The van der Waals surface area contributed by atoms with Gasteiger partial charge in [0.1, 0.15) is 0 Å². The summed E-state index contributed by atoms with van der Waals surface area (Å²) in [6.45, 7) is 5.28. The molecule has 1 aromatic carbocycles. The second-order valence-corrected chi connectivity index (χ2v) is 6.15. The number of nitrogens with one attached hydrogen (secondary N) is 2. The summed E-state index contributed by atoms with van der Waals surface area (Å²) in [7, 11) is 0. The molecule has 108 valence electrons. The molecule has 2 unspecified atom stereocenters. The zero-order valence-corrected chi connectivity index (χ0v) is 12.2. The van der Waals surface area contributed by atoms with E-state index in [0.29, 0.717) is 18.1 Å². The third-order valence-electron chi connectivity index (χ3n) is 4.27. The van der Waals surface area contributed by atoms with Crippen molar-refractivity contribution in [2.45, 2.75) is 6.54 Å². The molecule has 0 spiro atoms. The Morgan fingerprint density at radius 1 is 1.30 bits per heavy atom. The number of nitrogens with zero attached hydrogens (tertiary/aromatic N) is 1. The maximum atomic E-state index is 12.0. The molecular formula is C15H20ClN3O. The minimum absolute atomic E-state index is 0.0813. The van der Waals surface area contributed by atoms with E-state index in [1.54, 1.807) is 0 Å². The highest BCUT2D eigenvalue weighted by atomic mass is 35.5. The summed E-state index contributed by atoms with van der Waals surface area (Å²) in [6, 6.07) is 7.61. The van der Waals surface area contributed by atoms with Crippen LogP contribution in [-0.2, 0) is 11.3 Å². The summed E-state index contributed by atoms with van der Waals surface area (Å²) in [6.07, 6.45) is 0. The smallest absolute Gasteiger partial charge is 0.234 e. The molecule has 2 aliphatic heterocycles. The van der Waals surface area contributed by atoms with Gasteiger partial charge in [-0.2, -0.15) is 0 Å². The Balaban J connectivity index is 1.45. The number of benzene rings is 1. The lowest BCUT2D eigenvalue weighted by molar-refractivity contribution is -0.122. The van der Waals surface area contributed by atoms with Crippen molar-refractivity contribution in [1.82, 2.24) is 15.5 Å². The summed E-state index contributed by atoms with van der Waals surface area (Å²) in [5.74, 6) is 1.54. The monoisotopic (exact) mass is 293 g/mol. The van der Waals surface area contributed by atoms with Crippen LogP contribution >= 0.6 is 11.6 Å². The Kier molecular flexibility index (Phi) is 4.24. The molecule has 2 aliphatic rings. The molecule has 4 nitrogen and oxygen atoms in total. The van der Waals surface area contributed by atoms with Crippen LogP contribution in [-0.4, -0.2) is 43.5 Å². The number of rotatable bonds is 4. The molecule has 0 bridgehead atoms. The van der Waals surface area contributed by atoms with E-state index in [4.69, 9.17) is 11.6 Å². The number of likely N-dealkylation sites (tertiary alicyclic amines) is 1. The van der Waals surface area contributed by atoms with Gasteiger partial charge in [0.25, 0.3) is 0 Å². The lowest BCUT2D eigenvalue weighted by Gasteiger charge is -2.16. The van der Waals surface area contributed by atoms with Gasteiger partial charge >= 0.3 is 0 Å². The maximum Gasteiger partial charge on any atom is 0.234 e. The lowest BCUT2D eigenvalue weighted by Crippen LogP contribution is -2.37. The highest BCUT2D eigenvalue weighted by Gasteiger charge is 2.36. The SMILES string of the molecule is O=C(CN1CC2CNCC2C1)NCc1ccccc1Cl. The Labute approximate surface area is 124 Å². The van der Waals surface area contributed by atoms with Gasteiger partial charge in [-0.3, -0.25) is 9.69 Å². The van der Waals surface area contributed by atoms with Crippen molar-refractivity contribution < 1.29 is 4.79 Å². The molecule has 20 heavy (non-hydrogen) atoms. The average molecular weight is 294 g/mol. The van der Waals surface area contributed by atoms with Gasteiger partial charge in [0.05, 0.1) is 6.54 Å². The van der Waals surface area contributed by atoms with Crippen LogP contribution in [0, 0.1) is 11.8 Å². The van der Waals surface area contributed by atoms with Crippen molar-refractivity contribution in [3.8, 4) is 0 Å². The zero-order chi connectivity index (χ0) is 13.9. The Bertz CT molecular complexity index is 482. The number of carbonyl (C=O) groups excluding carboxylic acids is 1. The fraction of sp³-hybridized carbons (Fsp3) is 0.533. The lowest BCUT2D eigenvalue weighted by atomic mass is 10.0. The molecule has 2 fully saturated rings. The van der Waals surface area contributed by atoms with Crippen molar-refractivity contribution >= 4 is 17.5 Å². The third-order valence-corrected chi connectivity index (χ3v) is 4.63. The van der Waals surface area contributed by atoms with Gasteiger partial charge in [-0.25, -0.2) is 0 Å². The van der Waals surface area contributed by atoms with Gasteiger partial charge in [0.15, 0.2) is 0 Å². The third kappa shape index (κ3) is 3.14. The molecule has 2 atom stereocenters. The molecular weight excluding hydrogens is 274 g/mol. The van der Waals surface area contributed by atoms with Crippen molar-refractivity contribution in [3.05, 3.63) is 34.9 Å². The van der Waals surface area contributed by atoms with Crippen LogP contribution in [0.15, 0.2) is 24.3 Å². The molecule has 5 heteroatoms. The largest absolute Gasteiger partial charge is 0.351 e. The fourth-order valence-corrected chi connectivity index (χ4v) is 3.38. The Morgan fingerprint density at radius 3 is 2.70 bits per heavy atom. The number of hydrogen-bond donors (Lipinski definition) is 2. The topological polar surface area (TPSA) is 44.4 Å². The van der Waals surface area contributed by atoms with E-state index in [9.17, 15) is 4.79 Å². The Morgan fingerprint density at radius 2 is 2.00 bits per heavy atom. The quantitative estimate of drug-likeness (QED) is 0.874. The summed E-state index contributed by atoms with van der Waals surface area (Å²) in [5, 5.41) is 7.06. The summed E-state index contributed by atoms with van der Waals surface area (Å²) in [4.78, 5) is 14.3. The molecule has 3 rings (SSSR count). The second-order valence-electron chi connectivity index (χ2n) is 5.74. The van der Waals surface area contributed by atoms with Gasteiger partial charge in [-0.15, -0.1) is 0 Å².